The van der Waals surface area contributed by atoms with Crippen LogP contribution in [0.3, 0.4) is 0 Å². The number of ether oxygens (including phenoxy) is 2. The van der Waals surface area contributed by atoms with Gasteiger partial charge in [0.25, 0.3) is 5.95 Å². The van der Waals surface area contributed by atoms with Crippen LogP contribution in [0, 0.1) is 5.95 Å². The van der Waals surface area contributed by atoms with E-state index in [0.29, 0.717) is 18.9 Å². The Hall–Kier alpha value is -1.94. The van der Waals surface area contributed by atoms with Gasteiger partial charge in [-0.05, 0) is 17.7 Å². The molecule has 0 radical (unpaired) electrons. The molecule has 1 atom stereocenters. The van der Waals surface area contributed by atoms with Crippen molar-refractivity contribution in [3.8, 4) is 5.75 Å². The van der Waals surface area contributed by atoms with E-state index < -0.39 is 5.95 Å². The number of benzene rings is 1. The van der Waals surface area contributed by atoms with Crippen LogP contribution in [0.4, 0.5) is 4.39 Å². The third kappa shape index (κ3) is 2.49. The normalized spacial score (nSPS) is 17.5. The van der Waals surface area contributed by atoms with Crippen molar-refractivity contribution in [1.82, 2.24) is 4.98 Å². The fraction of sp³-hybridized carbons (Fsp3) is 0.214. The summed E-state index contributed by atoms with van der Waals surface area (Å²) in [4.78, 5) is 3.83. The first kappa shape index (κ1) is 11.2. The Kier molecular flexibility index (Phi) is 2.94. The topological polar surface area (TPSA) is 34.7 Å². The van der Waals surface area contributed by atoms with Crippen LogP contribution in [-0.4, -0.2) is 11.6 Å². The minimum Gasteiger partial charge on any atom is -0.484 e. The first-order chi connectivity index (χ1) is 8.83. The van der Waals surface area contributed by atoms with Gasteiger partial charge < -0.3 is 9.47 Å². The van der Waals surface area contributed by atoms with Crippen LogP contribution in [0.5, 0.6) is 5.75 Å². The van der Waals surface area contributed by atoms with Crippen molar-refractivity contribution < 1.29 is 13.9 Å². The summed E-state index contributed by atoms with van der Waals surface area (Å²) in [6.07, 6.45) is -0.0392. The zero-order valence-corrected chi connectivity index (χ0v) is 9.67. The van der Waals surface area contributed by atoms with E-state index >= 15 is 0 Å². The first-order valence-corrected chi connectivity index (χ1v) is 5.78. The third-order valence-corrected chi connectivity index (χ3v) is 2.74. The summed E-state index contributed by atoms with van der Waals surface area (Å²) in [7, 11) is 0. The van der Waals surface area contributed by atoms with Crippen LogP contribution in [0.2, 0.25) is 0 Å². The molecule has 4 heteroatoms. The smallest absolute Gasteiger partial charge is 0.255 e. The van der Waals surface area contributed by atoms with E-state index in [9.17, 15) is 4.39 Å². The minimum atomic E-state index is -0.584. The van der Waals surface area contributed by atoms with E-state index in [1.807, 2.05) is 30.3 Å². The van der Waals surface area contributed by atoms with Crippen molar-refractivity contribution in [2.24, 2.45) is 0 Å². The maximum atomic E-state index is 13.6. The van der Waals surface area contributed by atoms with Gasteiger partial charge in [-0.3, -0.25) is 0 Å². The molecule has 1 saturated heterocycles. The van der Waals surface area contributed by atoms with E-state index in [2.05, 4.69) is 4.98 Å². The Morgan fingerprint density at radius 2 is 2.00 bits per heavy atom. The van der Waals surface area contributed by atoms with Crippen LogP contribution >= 0.6 is 0 Å². The number of epoxide rings is 1. The van der Waals surface area contributed by atoms with Gasteiger partial charge in [0.1, 0.15) is 12.7 Å². The van der Waals surface area contributed by atoms with E-state index in [-0.39, 0.29) is 11.9 Å². The molecule has 1 aliphatic heterocycles. The van der Waals surface area contributed by atoms with Crippen LogP contribution in [0.15, 0.2) is 42.5 Å². The van der Waals surface area contributed by atoms with E-state index in [0.717, 1.165) is 5.56 Å². The van der Waals surface area contributed by atoms with Gasteiger partial charge in [-0.15, -0.1) is 0 Å². The molecule has 0 amide bonds. The van der Waals surface area contributed by atoms with Gasteiger partial charge in [0, 0.05) is 0 Å². The molecule has 2 heterocycles. The van der Waals surface area contributed by atoms with Gasteiger partial charge in [-0.2, -0.15) is 4.39 Å². The summed E-state index contributed by atoms with van der Waals surface area (Å²) in [5, 5.41) is 0. The first-order valence-electron chi connectivity index (χ1n) is 5.78. The van der Waals surface area contributed by atoms with Gasteiger partial charge in [0.15, 0.2) is 5.75 Å². The maximum Gasteiger partial charge on any atom is 0.255 e. The summed E-state index contributed by atoms with van der Waals surface area (Å²) < 4.78 is 24.1. The molecule has 92 valence electrons. The highest BCUT2D eigenvalue weighted by Crippen LogP contribution is 2.29. The number of nitrogens with zero attached hydrogens (tertiary/aromatic N) is 1. The van der Waals surface area contributed by atoms with Gasteiger partial charge in [0.05, 0.1) is 12.3 Å². The lowest BCUT2D eigenvalue weighted by atomic mass is 10.2. The van der Waals surface area contributed by atoms with Crippen LogP contribution in [0.1, 0.15) is 17.4 Å². The van der Waals surface area contributed by atoms with Crippen molar-refractivity contribution in [3.05, 3.63) is 59.7 Å². The van der Waals surface area contributed by atoms with Crippen molar-refractivity contribution in [3.63, 3.8) is 0 Å². The third-order valence-electron chi connectivity index (χ3n) is 2.74. The van der Waals surface area contributed by atoms with Crippen LogP contribution < -0.4 is 4.74 Å². The zero-order valence-electron chi connectivity index (χ0n) is 9.67. The molecule has 0 bridgehead atoms. The lowest BCUT2D eigenvalue weighted by Gasteiger charge is -2.07. The summed E-state index contributed by atoms with van der Waals surface area (Å²) in [6.45, 7) is 0.954. The second-order valence-corrected chi connectivity index (χ2v) is 4.12. The molecule has 0 unspecified atom stereocenters. The molecule has 1 aromatic carbocycles. The van der Waals surface area contributed by atoms with Crippen LogP contribution in [-0.2, 0) is 11.3 Å². The van der Waals surface area contributed by atoms with Gasteiger partial charge >= 0.3 is 0 Å². The lowest BCUT2D eigenvalue weighted by Crippen LogP contribution is -2.00. The number of pyridine rings is 1. The highest BCUT2D eigenvalue weighted by Gasteiger charge is 2.27. The second kappa shape index (κ2) is 4.74. The molecular formula is C14H12FNO2. The molecule has 0 N–H and O–H groups in total. The second-order valence-electron chi connectivity index (χ2n) is 4.12. The largest absolute Gasteiger partial charge is 0.484 e. The van der Waals surface area contributed by atoms with Crippen molar-refractivity contribution in [1.29, 1.82) is 0 Å². The van der Waals surface area contributed by atoms with Crippen molar-refractivity contribution in [2.45, 2.75) is 12.7 Å². The van der Waals surface area contributed by atoms with Crippen LogP contribution in [0.25, 0.3) is 0 Å². The van der Waals surface area contributed by atoms with Crippen molar-refractivity contribution in [2.75, 3.05) is 6.61 Å². The fourth-order valence-electron chi connectivity index (χ4n) is 1.68. The Balaban J connectivity index is 1.69. The molecule has 1 aliphatic rings. The van der Waals surface area contributed by atoms with Crippen molar-refractivity contribution >= 4 is 0 Å². The SMILES string of the molecule is Fc1nc([C@@H]2CO2)ccc1OCc1ccccc1. The lowest BCUT2D eigenvalue weighted by molar-refractivity contribution is 0.284. The quantitative estimate of drug-likeness (QED) is 0.613. The Morgan fingerprint density at radius 1 is 1.22 bits per heavy atom. The average molecular weight is 245 g/mol. The average Bonchev–Trinajstić information content (AvgIpc) is 3.23. The molecular weight excluding hydrogens is 233 g/mol. The summed E-state index contributed by atoms with van der Waals surface area (Å²) in [6, 6.07) is 13.0. The molecule has 0 aliphatic carbocycles. The zero-order chi connectivity index (χ0) is 12.4. The van der Waals surface area contributed by atoms with Gasteiger partial charge in [0.2, 0.25) is 0 Å². The molecule has 0 saturated carbocycles. The fourth-order valence-corrected chi connectivity index (χ4v) is 1.68. The molecule has 3 nitrogen and oxygen atoms in total. The molecule has 1 aromatic heterocycles. The number of hydrogen-bond donors (Lipinski definition) is 0. The summed E-state index contributed by atoms with van der Waals surface area (Å²) >= 11 is 0. The molecule has 0 spiro atoms. The predicted molar refractivity (Wildman–Crippen MR) is 63.7 cm³/mol. The summed E-state index contributed by atoms with van der Waals surface area (Å²) in [5.41, 5.74) is 1.62. The van der Waals surface area contributed by atoms with Gasteiger partial charge in [-0.1, -0.05) is 30.3 Å². The summed E-state index contributed by atoms with van der Waals surface area (Å²) in [5.74, 6) is -0.415. The highest BCUT2D eigenvalue weighted by molar-refractivity contribution is 5.24. The Morgan fingerprint density at radius 3 is 2.67 bits per heavy atom. The Labute approximate surface area is 104 Å². The number of rotatable bonds is 4. The Bertz CT molecular complexity index is 541. The van der Waals surface area contributed by atoms with Gasteiger partial charge in [-0.25, -0.2) is 4.98 Å². The maximum absolute atomic E-state index is 13.6. The number of hydrogen-bond acceptors (Lipinski definition) is 3. The molecule has 2 aromatic rings. The molecule has 3 rings (SSSR count). The van der Waals surface area contributed by atoms with E-state index in [1.165, 1.54) is 0 Å². The van der Waals surface area contributed by atoms with E-state index in [4.69, 9.17) is 9.47 Å². The predicted octanol–water partition coefficient (Wildman–Crippen LogP) is 2.87. The standard InChI is InChI=1S/C14H12FNO2/c15-14-12(7-6-11(16-14)13-9-18-13)17-8-10-4-2-1-3-5-10/h1-7,13H,8-9H2/t13-/m0/s1. The monoisotopic (exact) mass is 245 g/mol. The molecule has 18 heavy (non-hydrogen) atoms. The number of halogens is 1. The highest BCUT2D eigenvalue weighted by atomic mass is 19.1. The minimum absolute atomic E-state index is 0.0392. The number of aromatic nitrogens is 1. The van der Waals surface area contributed by atoms with E-state index in [1.54, 1.807) is 12.1 Å². The molecule has 1 fully saturated rings.